The second-order valence-electron chi connectivity index (χ2n) is 7.50. The number of aromatic amines is 2. The van der Waals surface area contributed by atoms with Gasteiger partial charge in [0.05, 0.1) is 5.69 Å². The first-order chi connectivity index (χ1) is 13.7. The van der Waals surface area contributed by atoms with E-state index in [2.05, 4.69) is 32.4 Å². The third kappa shape index (κ3) is 2.98. The highest BCUT2D eigenvalue weighted by Gasteiger charge is 2.21. The highest BCUT2D eigenvalue weighted by molar-refractivity contribution is 5.98. The first-order valence-electron chi connectivity index (χ1n) is 9.76. The third-order valence-electron chi connectivity index (χ3n) is 5.83. The van der Waals surface area contributed by atoms with Crippen LogP contribution in [-0.2, 0) is 6.42 Å². The molecule has 6 heteroatoms. The van der Waals surface area contributed by atoms with Crippen LogP contribution in [0.25, 0.3) is 33.2 Å². The average Bonchev–Trinajstić information content (AvgIpc) is 3.33. The van der Waals surface area contributed by atoms with Crippen molar-refractivity contribution < 1.29 is 8.78 Å². The van der Waals surface area contributed by atoms with Crippen LogP contribution in [0, 0.1) is 0 Å². The molecular weight excluding hydrogens is 358 g/mol. The fourth-order valence-electron chi connectivity index (χ4n) is 4.45. The van der Waals surface area contributed by atoms with Crippen LogP contribution in [0.5, 0.6) is 0 Å². The number of nitrogens with zero attached hydrogens (tertiary/aromatic N) is 1. The smallest absolute Gasteiger partial charge is 0.242 e. The van der Waals surface area contributed by atoms with Crippen molar-refractivity contribution in [3.05, 3.63) is 53.9 Å². The average molecular weight is 380 g/mol. The van der Waals surface area contributed by atoms with E-state index in [4.69, 9.17) is 0 Å². The summed E-state index contributed by atoms with van der Waals surface area (Å²) in [5.74, 6) is 0.487. The zero-order valence-corrected chi connectivity index (χ0v) is 15.4. The van der Waals surface area contributed by atoms with Gasteiger partial charge in [-0.05, 0) is 67.2 Å². The second kappa shape index (κ2) is 7.02. The van der Waals surface area contributed by atoms with Gasteiger partial charge in [0, 0.05) is 40.7 Å². The van der Waals surface area contributed by atoms with E-state index in [1.807, 2.05) is 24.4 Å². The maximum absolute atomic E-state index is 13.5. The zero-order chi connectivity index (χ0) is 19.1. The van der Waals surface area contributed by atoms with E-state index < -0.39 is 6.43 Å². The summed E-state index contributed by atoms with van der Waals surface area (Å²) < 4.78 is 27.0. The number of benzene rings is 1. The molecule has 4 heterocycles. The molecule has 1 aromatic carbocycles. The van der Waals surface area contributed by atoms with E-state index in [0.29, 0.717) is 11.5 Å². The van der Waals surface area contributed by atoms with Crippen LogP contribution >= 0.6 is 0 Å². The Labute approximate surface area is 161 Å². The molecule has 28 heavy (non-hydrogen) atoms. The van der Waals surface area contributed by atoms with Crippen molar-refractivity contribution in [3.8, 4) is 11.3 Å². The maximum Gasteiger partial charge on any atom is 0.242 e. The number of halogens is 2. The number of pyridine rings is 1. The van der Waals surface area contributed by atoms with Crippen LogP contribution < -0.4 is 5.32 Å². The van der Waals surface area contributed by atoms with Crippen molar-refractivity contribution in [1.82, 2.24) is 20.3 Å². The lowest BCUT2D eigenvalue weighted by molar-refractivity contribution is 0.149. The molecule has 1 aliphatic rings. The Balaban J connectivity index is 1.69. The number of hydrogen-bond acceptors (Lipinski definition) is 2. The van der Waals surface area contributed by atoms with Gasteiger partial charge in [0.2, 0.25) is 6.43 Å². The van der Waals surface area contributed by atoms with E-state index in [-0.39, 0.29) is 6.42 Å². The predicted molar refractivity (Wildman–Crippen MR) is 108 cm³/mol. The van der Waals surface area contributed by atoms with Crippen LogP contribution in [0.15, 0.2) is 42.7 Å². The number of hydrogen-bond donors (Lipinski definition) is 3. The van der Waals surface area contributed by atoms with E-state index in [1.165, 1.54) is 5.56 Å². The summed E-state index contributed by atoms with van der Waals surface area (Å²) in [7, 11) is 0. The minimum absolute atomic E-state index is 0.265. The Kier molecular flexibility index (Phi) is 4.36. The molecule has 0 bridgehead atoms. The molecular formula is C22H22F2N4. The summed E-state index contributed by atoms with van der Waals surface area (Å²) >= 11 is 0. The van der Waals surface area contributed by atoms with Crippen molar-refractivity contribution in [2.24, 2.45) is 0 Å². The van der Waals surface area contributed by atoms with E-state index >= 15 is 0 Å². The lowest BCUT2D eigenvalue weighted by Gasteiger charge is -2.23. The molecule has 0 amide bonds. The van der Waals surface area contributed by atoms with E-state index in [0.717, 1.165) is 59.1 Å². The van der Waals surface area contributed by atoms with Gasteiger partial charge in [-0.15, -0.1) is 0 Å². The van der Waals surface area contributed by atoms with Crippen LogP contribution in [0.2, 0.25) is 0 Å². The molecule has 0 atom stereocenters. The lowest BCUT2D eigenvalue weighted by Crippen LogP contribution is -2.26. The summed E-state index contributed by atoms with van der Waals surface area (Å²) in [6.45, 7) is 2.01. The Hall–Kier alpha value is -2.73. The van der Waals surface area contributed by atoms with Crippen LogP contribution in [0.4, 0.5) is 8.78 Å². The standard InChI is InChI=1S/C22H22F2N4/c23-20(24)12-18-17-11-14(13-3-7-25-8-4-13)1-2-19(17)28-21(18)15-5-9-26-22-16(15)6-10-27-22/h1-2,5-6,9-11,13,20,25,28H,3-4,7-8,12H2,(H,26,27). The van der Waals surface area contributed by atoms with Crippen molar-refractivity contribution in [3.63, 3.8) is 0 Å². The van der Waals surface area contributed by atoms with Gasteiger partial charge in [0.1, 0.15) is 5.65 Å². The van der Waals surface area contributed by atoms with Gasteiger partial charge >= 0.3 is 0 Å². The van der Waals surface area contributed by atoms with Crippen LogP contribution in [-0.4, -0.2) is 34.5 Å². The number of fused-ring (bicyclic) bond motifs is 2. The zero-order valence-electron chi connectivity index (χ0n) is 15.4. The van der Waals surface area contributed by atoms with Gasteiger partial charge in [0.25, 0.3) is 0 Å². The molecule has 0 unspecified atom stereocenters. The van der Waals surface area contributed by atoms with Crippen LogP contribution in [0.1, 0.15) is 29.9 Å². The van der Waals surface area contributed by atoms with Gasteiger partial charge in [-0.3, -0.25) is 0 Å². The highest BCUT2D eigenvalue weighted by Crippen LogP contribution is 2.37. The topological polar surface area (TPSA) is 56.5 Å². The van der Waals surface area contributed by atoms with Crippen molar-refractivity contribution in [1.29, 1.82) is 0 Å². The van der Waals surface area contributed by atoms with Gasteiger partial charge < -0.3 is 15.3 Å². The Morgan fingerprint density at radius 3 is 2.75 bits per heavy atom. The maximum atomic E-state index is 13.5. The monoisotopic (exact) mass is 380 g/mol. The predicted octanol–water partition coefficient (Wildman–Crippen LogP) is 4.99. The fourth-order valence-corrected chi connectivity index (χ4v) is 4.45. The number of alkyl halides is 2. The SMILES string of the molecule is FC(F)Cc1c(-c2ccnc3[nH]ccc23)[nH]c2ccc(C3CCNCC3)cc12. The number of nitrogens with one attached hydrogen (secondary N) is 3. The Morgan fingerprint density at radius 1 is 1.07 bits per heavy atom. The Morgan fingerprint density at radius 2 is 1.93 bits per heavy atom. The largest absolute Gasteiger partial charge is 0.354 e. The number of piperidine rings is 1. The summed E-state index contributed by atoms with van der Waals surface area (Å²) in [6.07, 6.45) is 3.05. The van der Waals surface area contributed by atoms with Gasteiger partial charge in [0.15, 0.2) is 0 Å². The molecule has 144 valence electrons. The van der Waals surface area contributed by atoms with E-state index in [1.54, 1.807) is 6.20 Å². The Bertz CT molecular complexity index is 1120. The molecule has 0 aliphatic carbocycles. The van der Waals surface area contributed by atoms with Crippen molar-refractivity contribution in [2.45, 2.75) is 31.6 Å². The minimum Gasteiger partial charge on any atom is -0.354 e. The van der Waals surface area contributed by atoms with Crippen molar-refractivity contribution >= 4 is 21.9 Å². The summed E-state index contributed by atoms with van der Waals surface area (Å²) in [6, 6.07) is 10.1. The van der Waals surface area contributed by atoms with Crippen LogP contribution in [0.3, 0.4) is 0 Å². The quantitative estimate of drug-likeness (QED) is 0.467. The number of rotatable bonds is 4. The molecule has 0 spiro atoms. The van der Waals surface area contributed by atoms with Gasteiger partial charge in [-0.1, -0.05) is 6.07 Å². The normalized spacial score (nSPS) is 15.8. The first kappa shape index (κ1) is 17.4. The molecule has 1 fully saturated rings. The third-order valence-corrected chi connectivity index (χ3v) is 5.83. The first-order valence-corrected chi connectivity index (χ1v) is 9.76. The number of aromatic nitrogens is 3. The second-order valence-corrected chi connectivity index (χ2v) is 7.50. The van der Waals surface area contributed by atoms with Gasteiger partial charge in [-0.25, -0.2) is 13.8 Å². The molecule has 5 rings (SSSR count). The van der Waals surface area contributed by atoms with Gasteiger partial charge in [-0.2, -0.15) is 0 Å². The molecule has 1 saturated heterocycles. The molecule has 4 nitrogen and oxygen atoms in total. The number of H-pyrrole nitrogens is 2. The molecule has 1 aliphatic heterocycles. The van der Waals surface area contributed by atoms with Crippen molar-refractivity contribution in [2.75, 3.05) is 13.1 Å². The molecule has 0 saturated carbocycles. The molecule has 4 aromatic rings. The fraction of sp³-hybridized carbons (Fsp3) is 0.318. The lowest BCUT2D eigenvalue weighted by atomic mass is 9.89. The molecule has 0 radical (unpaired) electrons. The highest BCUT2D eigenvalue weighted by atomic mass is 19.3. The summed E-state index contributed by atoms with van der Waals surface area (Å²) in [5, 5.41) is 5.23. The summed E-state index contributed by atoms with van der Waals surface area (Å²) in [4.78, 5) is 10.8. The summed E-state index contributed by atoms with van der Waals surface area (Å²) in [5.41, 5.74) is 5.27. The molecule has 3 aromatic heterocycles. The molecule has 3 N–H and O–H groups in total. The minimum atomic E-state index is -2.40. The van der Waals surface area contributed by atoms with E-state index in [9.17, 15) is 8.78 Å².